The van der Waals surface area contributed by atoms with Crippen LogP contribution >= 0.6 is 0 Å². The zero-order valence-electron chi connectivity index (χ0n) is 12.1. The van der Waals surface area contributed by atoms with Gasteiger partial charge in [-0.05, 0) is 32.1 Å². The van der Waals surface area contributed by atoms with Gasteiger partial charge in [-0.25, -0.2) is 4.98 Å². The second-order valence-electron chi connectivity index (χ2n) is 4.48. The lowest BCUT2D eigenvalue weighted by molar-refractivity contribution is 0.0950. The van der Waals surface area contributed by atoms with Crippen molar-refractivity contribution in [1.82, 2.24) is 15.2 Å². The van der Waals surface area contributed by atoms with Crippen molar-refractivity contribution in [2.24, 2.45) is 0 Å². The molecular weight excluding hydrogens is 240 g/mol. The van der Waals surface area contributed by atoms with Crippen molar-refractivity contribution < 1.29 is 4.79 Å². The number of carbonyl (C=O) groups excluding carboxylic acids is 1. The van der Waals surface area contributed by atoms with E-state index in [0.29, 0.717) is 17.9 Å². The first-order valence-electron chi connectivity index (χ1n) is 6.84. The van der Waals surface area contributed by atoms with Crippen LogP contribution in [-0.2, 0) is 0 Å². The molecule has 0 aliphatic carbocycles. The molecule has 1 amide bonds. The molecule has 1 heterocycles. The summed E-state index contributed by atoms with van der Waals surface area (Å²) in [5.74, 6) is 0.585. The van der Waals surface area contributed by atoms with E-state index in [9.17, 15) is 4.79 Å². The third-order valence-electron chi connectivity index (χ3n) is 2.91. The van der Waals surface area contributed by atoms with Gasteiger partial charge in [0, 0.05) is 25.8 Å². The van der Waals surface area contributed by atoms with Crippen molar-refractivity contribution in [2.45, 2.75) is 20.3 Å². The molecule has 0 bridgehead atoms. The summed E-state index contributed by atoms with van der Waals surface area (Å²) >= 11 is 0. The van der Waals surface area contributed by atoms with Crippen molar-refractivity contribution in [1.29, 1.82) is 0 Å². The number of pyridine rings is 1. The van der Waals surface area contributed by atoms with Gasteiger partial charge in [-0.15, -0.1) is 0 Å². The molecule has 0 saturated heterocycles. The van der Waals surface area contributed by atoms with Gasteiger partial charge in [0.05, 0.1) is 5.56 Å². The van der Waals surface area contributed by atoms with Crippen LogP contribution in [0.15, 0.2) is 18.3 Å². The monoisotopic (exact) mass is 264 g/mol. The zero-order valence-corrected chi connectivity index (χ0v) is 12.1. The van der Waals surface area contributed by atoms with E-state index in [1.165, 1.54) is 0 Å². The molecular formula is C14H24N4O. The lowest BCUT2D eigenvalue weighted by atomic mass is 10.2. The Hall–Kier alpha value is -1.62. The van der Waals surface area contributed by atoms with Crippen molar-refractivity contribution in [3.05, 3.63) is 23.9 Å². The molecule has 0 atom stereocenters. The fraction of sp³-hybridized carbons (Fsp3) is 0.571. The molecule has 5 nitrogen and oxygen atoms in total. The van der Waals surface area contributed by atoms with Crippen molar-refractivity contribution in [2.75, 3.05) is 38.5 Å². The number of hydrogen-bond donors (Lipinski definition) is 2. The highest BCUT2D eigenvalue weighted by Gasteiger charge is 2.11. The van der Waals surface area contributed by atoms with E-state index in [-0.39, 0.29) is 5.91 Å². The highest BCUT2D eigenvalue weighted by Crippen LogP contribution is 2.10. The Morgan fingerprint density at radius 3 is 2.84 bits per heavy atom. The minimum atomic E-state index is -0.0730. The number of nitrogens with zero attached hydrogens (tertiary/aromatic N) is 2. The first-order chi connectivity index (χ1) is 9.19. The van der Waals surface area contributed by atoms with Crippen LogP contribution in [0.25, 0.3) is 0 Å². The first-order valence-corrected chi connectivity index (χ1v) is 6.84. The van der Waals surface area contributed by atoms with Crippen LogP contribution in [0.4, 0.5) is 5.82 Å². The number of amides is 1. The van der Waals surface area contributed by atoms with Gasteiger partial charge in [0.2, 0.25) is 0 Å². The Morgan fingerprint density at radius 2 is 2.16 bits per heavy atom. The summed E-state index contributed by atoms with van der Waals surface area (Å²) < 4.78 is 0. The fourth-order valence-electron chi connectivity index (χ4n) is 1.59. The molecule has 19 heavy (non-hydrogen) atoms. The molecule has 0 radical (unpaired) electrons. The van der Waals surface area contributed by atoms with Gasteiger partial charge in [-0.2, -0.15) is 0 Å². The number of hydrogen-bond acceptors (Lipinski definition) is 4. The summed E-state index contributed by atoms with van der Waals surface area (Å²) in [4.78, 5) is 18.5. The Kier molecular flexibility index (Phi) is 6.89. The second-order valence-corrected chi connectivity index (χ2v) is 4.48. The molecule has 5 heteroatoms. The molecule has 0 unspecified atom stereocenters. The van der Waals surface area contributed by atoms with Crippen molar-refractivity contribution in [3.8, 4) is 0 Å². The van der Waals surface area contributed by atoms with Gasteiger partial charge in [0.25, 0.3) is 5.91 Å². The van der Waals surface area contributed by atoms with E-state index in [4.69, 9.17) is 0 Å². The number of anilines is 1. The summed E-state index contributed by atoms with van der Waals surface area (Å²) in [6.07, 6.45) is 2.69. The van der Waals surface area contributed by atoms with Crippen LogP contribution in [-0.4, -0.2) is 49.0 Å². The lowest BCUT2D eigenvalue weighted by Crippen LogP contribution is -2.33. The lowest BCUT2D eigenvalue weighted by Gasteiger charge is -2.15. The maximum absolute atomic E-state index is 12.1. The Balaban J connectivity index is 2.55. The molecule has 1 aromatic rings. The van der Waals surface area contributed by atoms with Gasteiger partial charge in [0.15, 0.2) is 0 Å². The number of carbonyl (C=O) groups is 1. The molecule has 106 valence electrons. The average molecular weight is 264 g/mol. The molecule has 2 N–H and O–H groups in total. The molecule has 0 aromatic carbocycles. The third kappa shape index (κ3) is 5.26. The van der Waals surface area contributed by atoms with Crippen molar-refractivity contribution in [3.63, 3.8) is 0 Å². The minimum absolute atomic E-state index is 0.0730. The normalized spacial score (nSPS) is 10.5. The third-order valence-corrected chi connectivity index (χ3v) is 2.91. The molecule has 1 rings (SSSR count). The van der Waals surface area contributed by atoms with E-state index < -0.39 is 0 Å². The predicted molar refractivity (Wildman–Crippen MR) is 78.5 cm³/mol. The quantitative estimate of drug-likeness (QED) is 0.748. The van der Waals surface area contributed by atoms with Crippen molar-refractivity contribution >= 4 is 11.7 Å². The van der Waals surface area contributed by atoms with Crippen LogP contribution < -0.4 is 10.6 Å². The summed E-state index contributed by atoms with van der Waals surface area (Å²) in [5, 5.41) is 6.09. The van der Waals surface area contributed by atoms with E-state index in [1.807, 2.05) is 7.05 Å². The van der Waals surface area contributed by atoms with Gasteiger partial charge in [0.1, 0.15) is 5.82 Å². The van der Waals surface area contributed by atoms with Crippen LogP contribution in [0.5, 0.6) is 0 Å². The van der Waals surface area contributed by atoms with E-state index in [0.717, 1.165) is 26.1 Å². The second kappa shape index (κ2) is 8.48. The summed E-state index contributed by atoms with van der Waals surface area (Å²) in [6, 6.07) is 3.58. The highest BCUT2D eigenvalue weighted by molar-refractivity contribution is 5.98. The number of nitrogens with one attached hydrogen (secondary N) is 2. The summed E-state index contributed by atoms with van der Waals surface area (Å²) in [6.45, 7) is 7.46. The van der Waals surface area contributed by atoms with Gasteiger partial charge in [-0.1, -0.05) is 13.8 Å². The van der Waals surface area contributed by atoms with E-state index in [2.05, 4.69) is 34.4 Å². The standard InChI is InChI=1S/C14H24N4O/c1-4-8-15-13-12(7-6-9-16-13)14(19)17-10-11-18(3)5-2/h6-7,9H,4-5,8,10-11H2,1-3H3,(H,15,16)(H,17,19). The Bertz CT molecular complexity index is 395. The molecule has 1 aromatic heterocycles. The fourth-order valence-corrected chi connectivity index (χ4v) is 1.59. The van der Waals surface area contributed by atoms with E-state index in [1.54, 1.807) is 18.3 Å². The molecule has 0 aliphatic heterocycles. The van der Waals surface area contributed by atoms with Crippen LogP contribution in [0.1, 0.15) is 30.6 Å². The Labute approximate surface area is 115 Å². The first kappa shape index (κ1) is 15.4. The van der Waals surface area contributed by atoms with Crippen LogP contribution in [0.2, 0.25) is 0 Å². The maximum Gasteiger partial charge on any atom is 0.255 e. The minimum Gasteiger partial charge on any atom is -0.369 e. The van der Waals surface area contributed by atoms with Gasteiger partial charge >= 0.3 is 0 Å². The summed E-state index contributed by atoms with van der Waals surface area (Å²) in [5.41, 5.74) is 0.607. The number of likely N-dealkylation sites (N-methyl/N-ethyl adjacent to an activating group) is 1. The largest absolute Gasteiger partial charge is 0.369 e. The van der Waals surface area contributed by atoms with Gasteiger partial charge in [-0.3, -0.25) is 4.79 Å². The molecule has 0 spiro atoms. The molecule has 0 saturated carbocycles. The maximum atomic E-state index is 12.1. The Morgan fingerprint density at radius 1 is 1.37 bits per heavy atom. The predicted octanol–water partition coefficient (Wildman–Crippen LogP) is 1.58. The number of aromatic nitrogens is 1. The average Bonchev–Trinajstić information content (AvgIpc) is 2.45. The van der Waals surface area contributed by atoms with Crippen LogP contribution in [0, 0.1) is 0 Å². The van der Waals surface area contributed by atoms with E-state index >= 15 is 0 Å². The smallest absolute Gasteiger partial charge is 0.255 e. The van der Waals surface area contributed by atoms with Gasteiger partial charge < -0.3 is 15.5 Å². The topological polar surface area (TPSA) is 57.3 Å². The molecule has 0 aliphatic rings. The number of rotatable bonds is 8. The SMILES string of the molecule is CCCNc1ncccc1C(=O)NCCN(C)CC. The van der Waals surface area contributed by atoms with Crippen LogP contribution in [0.3, 0.4) is 0 Å². The summed E-state index contributed by atoms with van der Waals surface area (Å²) in [7, 11) is 2.03. The zero-order chi connectivity index (χ0) is 14.1. The highest BCUT2D eigenvalue weighted by atomic mass is 16.1. The molecule has 0 fully saturated rings.